The second-order valence-corrected chi connectivity index (χ2v) is 7.50. The van der Waals surface area contributed by atoms with E-state index in [2.05, 4.69) is 15.8 Å². The number of ether oxygens (including phenoxy) is 1. The molecule has 2 N–H and O–H groups in total. The molecule has 0 bridgehead atoms. The highest BCUT2D eigenvalue weighted by Gasteiger charge is 2.17. The summed E-state index contributed by atoms with van der Waals surface area (Å²) in [6, 6.07) is 18.4. The standard InChI is InChI=1S/C25H23N3O4/c1-15-23(16(2)32-28-15)14-31-24-13-19-7-5-4-6-18(19)12-22(24)25(30)27-21-10-8-20(9-11-21)26-17(3)29/h4-13H,14H2,1-3H3,(H,26,29)(H,27,30). The monoisotopic (exact) mass is 429 g/mol. The van der Waals surface area contributed by atoms with Gasteiger partial charge in [-0.15, -0.1) is 0 Å². The summed E-state index contributed by atoms with van der Waals surface area (Å²) in [6.07, 6.45) is 0. The number of rotatable bonds is 6. The Morgan fingerprint density at radius 1 is 0.938 bits per heavy atom. The van der Waals surface area contributed by atoms with Crippen molar-refractivity contribution in [3.63, 3.8) is 0 Å². The molecule has 4 rings (SSSR count). The van der Waals surface area contributed by atoms with Crippen LogP contribution in [0.1, 0.15) is 34.3 Å². The average molecular weight is 429 g/mol. The number of amides is 2. The lowest BCUT2D eigenvalue weighted by Crippen LogP contribution is -2.14. The Labute approximate surface area is 185 Å². The van der Waals surface area contributed by atoms with Crippen LogP contribution in [0.2, 0.25) is 0 Å². The number of aryl methyl sites for hydroxylation is 2. The van der Waals surface area contributed by atoms with E-state index in [0.717, 1.165) is 22.0 Å². The highest BCUT2D eigenvalue weighted by Crippen LogP contribution is 2.29. The van der Waals surface area contributed by atoms with Crippen LogP contribution < -0.4 is 15.4 Å². The quantitative estimate of drug-likeness (QED) is 0.437. The molecule has 0 spiro atoms. The molecule has 7 nitrogen and oxygen atoms in total. The molecule has 0 aliphatic carbocycles. The minimum atomic E-state index is -0.295. The summed E-state index contributed by atoms with van der Waals surface area (Å²) in [5.74, 6) is 0.708. The highest BCUT2D eigenvalue weighted by molar-refractivity contribution is 6.08. The number of anilines is 2. The van der Waals surface area contributed by atoms with Gasteiger partial charge in [-0.3, -0.25) is 9.59 Å². The molecule has 162 valence electrons. The first-order valence-electron chi connectivity index (χ1n) is 10.2. The Balaban J connectivity index is 1.61. The van der Waals surface area contributed by atoms with E-state index >= 15 is 0 Å². The normalized spacial score (nSPS) is 10.7. The number of carbonyl (C=O) groups is 2. The molecule has 0 aliphatic heterocycles. The minimum absolute atomic E-state index is 0.155. The molecular weight excluding hydrogens is 406 g/mol. The zero-order valence-corrected chi connectivity index (χ0v) is 18.1. The summed E-state index contributed by atoms with van der Waals surface area (Å²) >= 11 is 0. The largest absolute Gasteiger partial charge is 0.488 e. The van der Waals surface area contributed by atoms with Crippen molar-refractivity contribution in [2.45, 2.75) is 27.4 Å². The second-order valence-electron chi connectivity index (χ2n) is 7.50. The Hall–Kier alpha value is -4.13. The first-order chi connectivity index (χ1) is 15.4. The molecule has 7 heteroatoms. The zero-order valence-electron chi connectivity index (χ0n) is 18.1. The van der Waals surface area contributed by atoms with Crippen LogP contribution in [0, 0.1) is 13.8 Å². The van der Waals surface area contributed by atoms with Crippen molar-refractivity contribution in [3.05, 3.63) is 83.2 Å². The lowest BCUT2D eigenvalue weighted by molar-refractivity contribution is -0.114. The number of aromatic nitrogens is 1. The number of hydrogen-bond donors (Lipinski definition) is 2. The van der Waals surface area contributed by atoms with Crippen LogP contribution in [-0.4, -0.2) is 17.0 Å². The molecule has 2 amide bonds. The first kappa shape index (κ1) is 21.1. The second kappa shape index (κ2) is 8.93. The van der Waals surface area contributed by atoms with E-state index in [-0.39, 0.29) is 18.4 Å². The Kier molecular flexibility index (Phi) is 5.89. The number of fused-ring (bicyclic) bond motifs is 1. The predicted octanol–water partition coefficient (Wildman–Crippen LogP) is 5.23. The fraction of sp³-hybridized carbons (Fsp3) is 0.160. The maximum atomic E-state index is 13.1. The van der Waals surface area contributed by atoms with Gasteiger partial charge in [0.05, 0.1) is 16.8 Å². The molecule has 0 saturated carbocycles. The van der Waals surface area contributed by atoms with Gasteiger partial charge in [0.25, 0.3) is 5.91 Å². The molecule has 0 saturated heterocycles. The molecule has 0 radical (unpaired) electrons. The predicted molar refractivity (Wildman–Crippen MR) is 123 cm³/mol. The van der Waals surface area contributed by atoms with Crippen LogP contribution >= 0.6 is 0 Å². The van der Waals surface area contributed by atoms with E-state index in [9.17, 15) is 9.59 Å². The fourth-order valence-corrected chi connectivity index (χ4v) is 3.41. The topological polar surface area (TPSA) is 93.5 Å². The molecule has 0 aliphatic rings. The number of nitrogens with one attached hydrogen (secondary N) is 2. The van der Waals surface area contributed by atoms with Crippen molar-refractivity contribution in [2.75, 3.05) is 10.6 Å². The van der Waals surface area contributed by atoms with Crippen LogP contribution in [-0.2, 0) is 11.4 Å². The van der Waals surface area contributed by atoms with Crippen LogP contribution in [0.3, 0.4) is 0 Å². The summed E-state index contributed by atoms with van der Waals surface area (Å²) in [6.45, 7) is 5.37. The van der Waals surface area contributed by atoms with Gasteiger partial charge in [0.15, 0.2) is 0 Å². The van der Waals surface area contributed by atoms with Gasteiger partial charge in [0.1, 0.15) is 18.1 Å². The van der Waals surface area contributed by atoms with Crippen molar-refractivity contribution < 1.29 is 18.8 Å². The third kappa shape index (κ3) is 4.62. The molecule has 4 aromatic rings. The van der Waals surface area contributed by atoms with E-state index in [1.165, 1.54) is 6.92 Å². The van der Waals surface area contributed by atoms with E-state index in [0.29, 0.717) is 28.4 Å². The Morgan fingerprint density at radius 2 is 1.56 bits per heavy atom. The van der Waals surface area contributed by atoms with Gasteiger partial charge in [-0.1, -0.05) is 29.4 Å². The van der Waals surface area contributed by atoms with Crippen molar-refractivity contribution in [2.24, 2.45) is 0 Å². The summed E-state index contributed by atoms with van der Waals surface area (Å²) in [4.78, 5) is 24.3. The summed E-state index contributed by atoms with van der Waals surface area (Å²) in [7, 11) is 0. The summed E-state index contributed by atoms with van der Waals surface area (Å²) in [5.41, 5.74) is 3.30. The van der Waals surface area contributed by atoms with Crippen molar-refractivity contribution in [3.8, 4) is 5.75 Å². The molecule has 1 aromatic heterocycles. The molecule has 0 unspecified atom stereocenters. The van der Waals surface area contributed by atoms with Crippen molar-refractivity contribution in [1.29, 1.82) is 0 Å². The average Bonchev–Trinajstić information content (AvgIpc) is 3.09. The lowest BCUT2D eigenvalue weighted by Gasteiger charge is -2.14. The number of nitrogens with zero attached hydrogens (tertiary/aromatic N) is 1. The maximum Gasteiger partial charge on any atom is 0.259 e. The van der Waals surface area contributed by atoms with Crippen LogP contribution in [0.4, 0.5) is 11.4 Å². The van der Waals surface area contributed by atoms with E-state index in [4.69, 9.17) is 9.26 Å². The smallest absolute Gasteiger partial charge is 0.259 e. The lowest BCUT2D eigenvalue weighted by atomic mass is 10.0. The van der Waals surface area contributed by atoms with Gasteiger partial charge in [0.2, 0.25) is 5.91 Å². The number of hydrogen-bond acceptors (Lipinski definition) is 5. The summed E-state index contributed by atoms with van der Waals surface area (Å²) < 4.78 is 11.3. The van der Waals surface area contributed by atoms with Crippen molar-refractivity contribution in [1.82, 2.24) is 5.16 Å². The third-order valence-electron chi connectivity index (χ3n) is 5.11. The van der Waals surface area contributed by atoms with Crippen molar-refractivity contribution >= 4 is 34.0 Å². The molecule has 3 aromatic carbocycles. The van der Waals surface area contributed by atoms with Crippen LogP contribution in [0.15, 0.2) is 65.2 Å². The first-order valence-corrected chi connectivity index (χ1v) is 10.2. The van der Waals surface area contributed by atoms with Gasteiger partial charge >= 0.3 is 0 Å². The third-order valence-corrected chi connectivity index (χ3v) is 5.11. The van der Waals surface area contributed by atoms with Crippen LogP contribution in [0.5, 0.6) is 5.75 Å². The Morgan fingerprint density at radius 3 is 2.16 bits per heavy atom. The van der Waals surface area contributed by atoms with E-state index < -0.39 is 0 Å². The molecular formula is C25H23N3O4. The Bertz CT molecular complexity index is 1270. The maximum absolute atomic E-state index is 13.1. The number of carbonyl (C=O) groups excluding carboxylic acids is 2. The van der Waals surface area contributed by atoms with Gasteiger partial charge < -0.3 is 19.9 Å². The van der Waals surface area contributed by atoms with E-state index in [1.54, 1.807) is 24.3 Å². The highest BCUT2D eigenvalue weighted by atomic mass is 16.5. The summed E-state index contributed by atoms with van der Waals surface area (Å²) in [5, 5.41) is 11.5. The van der Waals surface area contributed by atoms with Crippen LogP contribution in [0.25, 0.3) is 10.8 Å². The molecule has 0 atom stereocenters. The SMILES string of the molecule is CC(=O)Nc1ccc(NC(=O)c2cc3ccccc3cc2OCc2c(C)noc2C)cc1. The van der Waals surface area contributed by atoms with Gasteiger partial charge in [-0.05, 0) is 61.0 Å². The van der Waals surface area contributed by atoms with Gasteiger partial charge in [-0.2, -0.15) is 0 Å². The van der Waals surface area contributed by atoms with Gasteiger partial charge in [0, 0.05) is 18.3 Å². The zero-order chi connectivity index (χ0) is 22.7. The molecule has 32 heavy (non-hydrogen) atoms. The number of benzene rings is 3. The van der Waals surface area contributed by atoms with E-state index in [1.807, 2.05) is 50.2 Å². The fourth-order valence-electron chi connectivity index (χ4n) is 3.41. The van der Waals surface area contributed by atoms with Gasteiger partial charge in [-0.25, -0.2) is 0 Å². The molecule has 1 heterocycles. The minimum Gasteiger partial charge on any atom is -0.488 e. The molecule has 0 fully saturated rings.